The highest BCUT2D eigenvalue weighted by Gasteiger charge is 2.19. The molecule has 0 fully saturated rings. The third-order valence-electron chi connectivity index (χ3n) is 2.37. The number of nitro benzene ring substituents is 1. The van der Waals surface area contributed by atoms with Gasteiger partial charge in [0.15, 0.2) is 0 Å². The topological polar surface area (TPSA) is 107 Å². The maximum absolute atomic E-state index is 10.6. The number of nitriles is 1. The van der Waals surface area contributed by atoms with E-state index in [2.05, 4.69) is 0 Å². The van der Waals surface area contributed by atoms with E-state index in [1.807, 2.05) is 6.07 Å². The molecule has 1 unspecified atom stereocenters. The number of carboxylic acids is 1. The van der Waals surface area contributed by atoms with E-state index in [0.29, 0.717) is 5.56 Å². The van der Waals surface area contributed by atoms with E-state index in [1.54, 1.807) is 0 Å². The number of non-ortho nitro benzene ring substituents is 1. The second-order valence-corrected chi connectivity index (χ2v) is 3.69. The summed E-state index contributed by atoms with van der Waals surface area (Å²) in [5.74, 6) is -1.04. The van der Waals surface area contributed by atoms with Gasteiger partial charge in [-0.1, -0.05) is 0 Å². The molecule has 1 rings (SSSR count). The minimum atomic E-state index is -1.04. The summed E-state index contributed by atoms with van der Waals surface area (Å²) < 4.78 is 0. The fourth-order valence-corrected chi connectivity index (χ4v) is 1.51. The van der Waals surface area contributed by atoms with E-state index < -0.39 is 16.9 Å². The predicted molar refractivity (Wildman–Crippen MR) is 61.7 cm³/mol. The summed E-state index contributed by atoms with van der Waals surface area (Å²) in [6, 6.07) is 6.69. The van der Waals surface area contributed by atoms with Gasteiger partial charge in [0, 0.05) is 12.1 Å². The summed E-state index contributed by atoms with van der Waals surface area (Å²) in [6.07, 6.45) is 0. The zero-order valence-electron chi connectivity index (χ0n) is 9.61. The number of aliphatic carboxylic acids is 1. The Bertz CT molecular complexity index is 492. The normalized spacial score (nSPS) is 11.8. The largest absolute Gasteiger partial charge is 0.480 e. The van der Waals surface area contributed by atoms with Crippen LogP contribution in [0.1, 0.15) is 11.6 Å². The fraction of sp³-hybridized carbons (Fsp3) is 0.273. The van der Waals surface area contributed by atoms with E-state index in [4.69, 9.17) is 10.4 Å². The highest BCUT2D eigenvalue weighted by molar-refractivity contribution is 5.69. The molecule has 1 aromatic rings. The summed E-state index contributed by atoms with van der Waals surface area (Å²) >= 11 is 0. The summed E-state index contributed by atoms with van der Waals surface area (Å²) in [5.41, 5.74) is 0.447. The quantitative estimate of drug-likeness (QED) is 0.620. The number of carbonyl (C=O) groups is 1. The second-order valence-electron chi connectivity index (χ2n) is 3.69. The van der Waals surface area contributed by atoms with E-state index in [-0.39, 0.29) is 12.2 Å². The van der Waals surface area contributed by atoms with Crippen LogP contribution < -0.4 is 0 Å². The monoisotopic (exact) mass is 249 g/mol. The summed E-state index contributed by atoms with van der Waals surface area (Å²) in [4.78, 5) is 21.9. The molecule has 0 radical (unpaired) electrons. The van der Waals surface area contributed by atoms with Crippen molar-refractivity contribution in [3.63, 3.8) is 0 Å². The van der Waals surface area contributed by atoms with Crippen LogP contribution in [0.25, 0.3) is 0 Å². The molecule has 0 aliphatic rings. The highest BCUT2D eigenvalue weighted by atomic mass is 16.6. The van der Waals surface area contributed by atoms with Crippen LogP contribution in [0.3, 0.4) is 0 Å². The minimum absolute atomic E-state index is 0.0728. The van der Waals surface area contributed by atoms with Crippen molar-refractivity contribution in [1.29, 1.82) is 5.26 Å². The van der Waals surface area contributed by atoms with Crippen molar-refractivity contribution in [2.45, 2.75) is 6.04 Å². The number of nitro groups is 1. The van der Waals surface area contributed by atoms with Crippen molar-refractivity contribution in [3.8, 4) is 6.07 Å². The van der Waals surface area contributed by atoms with Crippen LogP contribution in [0.4, 0.5) is 5.69 Å². The van der Waals surface area contributed by atoms with Gasteiger partial charge in [-0.15, -0.1) is 0 Å². The van der Waals surface area contributed by atoms with E-state index in [0.717, 1.165) is 0 Å². The summed E-state index contributed by atoms with van der Waals surface area (Å²) in [6.45, 7) is -0.283. The lowest BCUT2D eigenvalue weighted by molar-refractivity contribution is -0.384. The summed E-state index contributed by atoms with van der Waals surface area (Å²) in [7, 11) is 1.50. The average Bonchev–Trinajstić information content (AvgIpc) is 2.29. The zero-order chi connectivity index (χ0) is 13.7. The Kier molecular flexibility index (Phi) is 4.34. The molecule has 0 spiro atoms. The predicted octanol–water partition coefficient (Wildman–Crippen LogP) is 1.18. The van der Waals surface area contributed by atoms with Crippen LogP contribution in [0.2, 0.25) is 0 Å². The van der Waals surface area contributed by atoms with E-state index >= 15 is 0 Å². The molecule has 7 heteroatoms. The number of hydrogen-bond donors (Lipinski definition) is 1. The maximum atomic E-state index is 10.6. The molecule has 0 amide bonds. The van der Waals surface area contributed by atoms with Gasteiger partial charge >= 0.3 is 5.97 Å². The van der Waals surface area contributed by atoms with Gasteiger partial charge in [-0.2, -0.15) is 5.26 Å². The Balaban J connectivity index is 2.92. The van der Waals surface area contributed by atoms with Crippen LogP contribution in [-0.2, 0) is 4.79 Å². The molecule has 18 heavy (non-hydrogen) atoms. The summed E-state index contributed by atoms with van der Waals surface area (Å²) in [5, 5.41) is 28.2. The number of nitrogens with zero attached hydrogens (tertiary/aromatic N) is 3. The number of likely N-dealkylation sites (N-methyl/N-ethyl adjacent to an activating group) is 1. The molecule has 94 valence electrons. The first-order valence-electron chi connectivity index (χ1n) is 5.01. The van der Waals surface area contributed by atoms with Crippen molar-refractivity contribution in [2.24, 2.45) is 0 Å². The number of carboxylic acid groups (broad SMARTS) is 1. The van der Waals surface area contributed by atoms with Gasteiger partial charge in [0.05, 0.1) is 17.5 Å². The molecule has 0 saturated heterocycles. The van der Waals surface area contributed by atoms with Crippen molar-refractivity contribution < 1.29 is 14.8 Å². The molecule has 7 nitrogen and oxygen atoms in total. The third kappa shape index (κ3) is 3.26. The molecule has 1 aromatic carbocycles. The molecule has 0 bridgehead atoms. The molecule has 0 aromatic heterocycles. The minimum Gasteiger partial charge on any atom is -0.480 e. The highest BCUT2D eigenvalue weighted by Crippen LogP contribution is 2.21. The lowest BCUT2D eigenvalue weighted by Crippen LogP contribution is -2.29. The first-order valence-corrected chi connectivity index (χ1v) is 5.01. The van der Waals surface area contributed by atoms with Gasteiger partial charge in [0.1, 0.15) is 6.04 Å². The van der Waals surface area contributed by atoms with Crippen LogP contribution in [0.15, 0.2) is 24.3 Å². The average molecular weight is 249 g/mol. The Morgan fingerprint density at radius 2 is 2.11 bits per heavy atom. The number of hydrogen-bond acceptors (Lipinski definition) is 5. The maximum Gasteiger partial charge on any atom is 0.317 e. The van der Waals surface area contributed by atoms with Gasteiger partial charge in [0.2, 0.25) is 0 Å². The first kappa shape index (κ1) is 13.6. The van der Waals surface area contributed by atoms with Crippen LogP contribution in [-0.4, -0.2) is 34.5 Å². The fourth-order valence-electron chi connectivity index (χ4n) is 1.51. The molecular formula is C11H11N3O4. The van der Waals surface area contributed by atoms with Gasteiger partial charge < -0.3 is 5.11 Å². The van der Waals surface area contributed by atoms with Crippen LogP contribution in [0, 0.1) is 21.4 Å². The van der Waals surface area contributed by atoms with Crippen LogP contribution in [0.5, 0.6) is 0 Å². The van der Waals surface area contributed by atoms with Gasteiger partial charge in [-0.25, -0.2) is 0 Å². The molecule has 0 saturated carbocycles. The first-order chi connectivity index (χ1) is 8.45. The molecule has 0 aliphatic heterocycles. The number of benzene rings is 1. The molecule has 0 aliphatic carbocycles. The Morgan fingerprint density at radius 1 is 1.56 bits per heavy atom. The van der Waals surface area contributed by atoms with Crippen molar-refractivity contribution in [1.82, 2.24) is 4.90 Å². The second kappa shape index (κ2) is 5.75. The number of rotatable bonds is 5. The smallest absolute Gasteiger partial charge is 0.317 e. The molecular weight excluding hydrogens is 238 g/mol. The Labute approximate surface area is 103 Å². The molecule has 1 N–H and O–H groups in total. The van der Waals surface area contributed by atoms with Crippen molar-refractivity contribution in [3.05, 3.63) is 39.9 Å². The van der Waals surface area contributed by atoms with Gasteiger partial charge in [0.25, 0.3) is 5.69 Å². The Hall–Kier alpha value is -2.46. The van der Waals surface area contributed by atoms with E-state index in [1.165, 1.54) is 36.2 Å². The lowest BCUT2D eigenvalue weighted by atomic mass is 10.1. The zero-order valence-corrected chi connectivity index (χ0v) is 9.61. The Morgan fingerprint density at radius 3 is 2.50 bits per heavy atom. The molecule has 1 atom stereocenters. The van der Waals surface area contributed by atoms with E-state index in [9.17, 15) is 14.9 Å². The van der Waals surface area contributed by atoms with Crippen LogP contribution >= 0.6 is 0 Å². The van der Waals surface area contributed by atoms with Gasteiger partial charge in [-0.3, -0.25) is 19.8 Å². The lowest BCUT2D eigenvalue weighted by Gasteiger charge is -2.20. The SMILES string of the molecule is CN(CC(=O)O)C(C#N)c1ccc([N+](=O)[O-])cc1. The van der Waals surface area contributed by atoms with Gasteiger partial charge in [-0.05, 0) is 24.7 Å². The standard InChI is InChI=1S/C11H11N3O4/c1-13(7-11(15)16)10(6-12)8-2-4-9(5-3-8)14(17)18/h2-5,10H,7H2,1H3,(H,15,16). The van der Waals surface area contributed by atoms with Crippen molar-refractivity contribution in [2.75, 3.05) is 13.6 Å². The molecule has 0 heterocycles. The third-order valence-corrected chi connectivity index (χ3v) is 2.37. The van der Waals surface area contributed by atoms with Crippen molar-refractivity contribution >= 4 is 11.7 Å².